The molecule has 1 N–H and O–H groups in total. The predicted octanol–water partition coefficient (Wildman–Crippen LogP) is 2.56. The average molecular weight is 518 g/mol. The van der Waals surface area contributed by atoms with Crippen molar-refractivity contribution in [3.8, 4) is 0 Å². The van der Waals surface area contributed by atoms with Gasteiger partial charge in [0, 0.05) is 5.33 Å². The molecule has 0 aromatic heterocycles. The molecular formula is C18H18Br2N2O4S. The molecule has 2 unspecified atom stereocenters. The minimum Gasteiger partial charge on any atom is -0.460 e. The minimum atomic E-state index is -0.654. The fraction of sp³-hybridized carbons (Fsp3) is 0.389. The van der Waals surface area contributed by atoms with E-state index in [1.807, 2.05) is 30.3 Å². The number of hydrogen-bond acceptors (Lipinski definition) is 5. The Balaban J connectivity index is 1.70. The van der Waals surface area contributed by atoms with E-state index in [0.29, 0.717) is 5.33 Å². The van der Waals surface area contributed by atoms with Gasteiger partial charge in [0.1, 0.15) is 23.7 Å². The van der Waals surface area contributed by atoms with Crippen molar-refractivity contribution in [3.05, 3.63) is 47.2 Å². The highest BCUT2D eigenvalue weighted by Gasteiger charge is 2.55. The van der Waals surface area contributed by atoms with Gasteiger partial charge in [-0.2, -0.15) is 0 Å². The van der Waals surface area contributed by atoms with Crippen molar-refractivity contribution in [3.63, 3.8) is 0 Å². The standard InChI is InChI=1S/C18H18Br2N2O4S/c1-10-14(18(25)26-8-7-19)22-16(24)13(17(22)27-15(10)20)21-12(23)9-11-5-3-2-4-6-11/h2-6,13,15,17H,7-9H2,1H3,(H,21,23)/t13?,15?,17-/m0/s1. The molecule has 0 bridgehead atoms. The number of esters is 1. The normalized spacial score (nSPS) is 24.2. The number of alkyl halides is 2. The lowest BCUT2D eigenvalue weighted by atomic mass is 10.0. The maximum atomic E-state index is 12.7. The van der Waals surface area contributed by atoms with Gasteiger partial charge in [-0.15, -0.1) is 11.8 Å². The second-order valence-corrected chi connectivity index (χ2v) is 9.66. The molecule has 0 spiro atoms. The summed E-state index contributed by atoms with van der Waals surface area (Å²) in [7, 11) is 0. The number of nitrogens with zero attached hydrogens (tertiary/aromatic N) is 1. The number of β-lactam (4-membered cyclic amide) rings is 1. The maximum absolute atomic E-state index is 12.7. The highest BCUT2D eigenvalue weighted by Crippen LogP contribution is 2.46. The van der Waals surface area contributed by atoms with E-state index in [0.717, 1.165) is 11.1 Å². The molecule has 1 fully saturated rings. The molecule has 1 aromatic carbocycles. The van der Waals surface area contributed by atoms with Crippen LogP contribution in [0.2, 0.25) is 0 Å². The summed E-state index contributed by atoms with van der Waals surface area (Å²) in [5.74, 6) is -1.04. The first kappa shape index (κ1) is 20.4. The summed E-state index contributed by atoms with van der Waals surface area (Å²) in [6, 6.07) is 8.69. The van der Waals surface area contributed by atoms with Crippen molar-refractivity contribution < 1.29 is 19.1 Å². The topological polar surface area (TPSA) is 75.7 Å². The third-order valence-electron chi connectivity index (χ3n) is 4.28. The first-order valence-corrected chi connectivity index (χ1v) is 11.3. The second-order valence-electron chi connectivity index (χ2n) is 6.12. The number of ether oxygens (including phenoxy) is 1. The van der Waals surface area contributed by atoms with E-state index in [-0.39, 0.29) is 40.1 Å². The molecule has 2 amide bonds. The Morgan fingerprint density at radius 2 is 2.00 bits per heavy atom. The smallest absolute Gasteiger partial charge is 0.355 e. The highest BCUT2D eigenvalue weighted by molar-refractivity contribution is 9.11. The fourth-order valence-electron chi connectivity index (χ4n) is 2.96. The molecule has 6 nitrogen and oxygen atoms in total. The molecule has 0 aliphatic carbocycles. The molecule has 27 heavy (non-hydrogen) atoms. The van der Waals surface area contributed by atoms with Crippen molar-refractivity contribution in [2.45, 2.75) is 28.9 Å². The van der Waals surface area contributed by atoms with Gasteiger partial charge in [-0.25, -0.2) is 4.79 Å². The Labute approximate surface area is 178 Å². The number of nitrogens with one attached hydrogen (secondary N) is 1. The van der Waals surface area contributed by atoms with Gasteiger partial charge in [-0.3, -0.25) is 14.5 Å². The number of carbonyl (C=O) groups excluding carboxylic acids is 3. The number of halogens is 2. The van der Waals surface area contributed by atoms with E-state index < -0.39 is 12.0 Å². The maximum Gasteiger partial charge on any atom is 0.355 e. The Kier molecular flexibility index (Phi) is 6.65. The molecule has 0 radical (unpaired) electrons. The molecule has 3 atom stereocenters. The fourth-order valence-corrected chi connectivity index (χ4v) is 5.24. The average Bonchev–Trinajstić information content (AvgIpc) is 2.66. The van der Waals surface area contributed by atoms with E-state index in [1.165, 1.54) is 16.7 Å². The summed E-state index contributed by atoms with van der Waals surface area (Å²) in [5, 5.41) is 2.98. The number of amides is 2. The highest BCUT2D eigenvalue weighted by atomic mass is 79.9. The molecule has 0 saturated carbocycles. The summed E-state index contributed by atoms with van der Waals surface area (Å²) in [5.41, 5.74) is 1.88. The molecule has 1 aromatic rings. The SMILES string of the molecule is CC1=C(C(=O)OCCBr)N2C(=O)C(NC(=O)Cc3ccccc3)[C@@H]2SC1Br. The zero-order valence-corrected chi connectivity index (χ0v) is 18.5. The molecule has 1 saturated heterocycles. The summed E-state index contributed by atoms with van der Waals surface area (Å²) in [4.78, 5) is 38.8. The van der Waals surface area contributed by atoms with E-state index in [1.54, 1.807) is 6.92 Å². The summed E-state index contributed by atoms with van der Waals surface area (Å²) >= 11 is 8.23. The quantitative estimate of drug-likeness (QED) is 0.356. The first-order valence-electron chi connectivity index (χ1n) is 8.33. The van der Waals surface area contributed by atoms with Gasteiger partial charge >= 0.3 is 5.97 Å². The van der Waals surface area contributed by atoms with Gasteiger partial charge in [-0.1, -0.05) is 62.2 Å². The predicted molar refractivity (Wildman–Crippen MR) is 110 cm³/mol. The van der Waals surface area contributed by atoms with Gasteiger partial charge in [-0.05, 0) is 18.1 Å². The molecule has 3 rings (SSSR count). The minimum absolute atomic E-state index is 0.133. The van der Waals surface area contributed by atoms with Crippen LogP contribution in [-0.2, 0) is 25.5 Å². The van der Waals surface area contributed by atoms with Gasteiger partial charge < -0.3 is 10.1 Å². The summed E-state index contributed by atoms with van der Waals surface area (Å²) in [6.45, 7) is 2.02. The van der Waals surface area contributed by atoms with Crippen LogP contribution in [0.3, 0.4) is 0 Å². The van der Waals surface area contributed by atoms with Crippen molar-refractivity contribution in [1.29, 1.82) is 0 Å². The summed E-state index contributed by atoms with van der Waals surface area (Å²) in [6.07, 6.45) is 0.203. The van der Waals surface area contributed by atoms with Crippen LogP contribution in [0.5, 0.6) is 0 Å². The van der Waals surface area contributed by atoms with Crippen LogP contribution < -0.4 is 5.32 Å². The van der Waals surface area contributed by atoms with E-state index in [4.69, 9.17) is 4.74 Å². The van der Waals surface area contributed by atoms with Crippen molar-refractivity contribution in [1.82, 2.24) is 10.2 Å². The van der Waals surface area contributed by atoms with E-state index >= 15 is 0 Å². The number of rotatable bonds is 6. The Bertz CT molecular complexity index is 787. The third kappa shape index (κ3) is 4.25. The first-order chi connectivity index (χ1) is 12.9. The van der Waals surface area contributed by atoms with E-state index in [2.05, 4.69) is 37.2 Å². The molecule has 144 valence electrons. The molecular weight excluding hydrogens is 500 g/mol. The van der Waals surface area contributed by atoms with Crippen LogP contribution in [0.25, 0.3) is 0 Å². The van der Waals surface area contributed by atoms with Crippen molar-refractivity contribution in [2.75, 3.05) is 11.9 Å². The Morgan fingerprint density at radius 1 is 1.30 bits per heavy atom. The molecule has 9 heteroatoms. The van der Waals surface area contributed by atoms with Crippen molar-refractivity contribution in [2.24, 2.45) is 0 Å². The van der Waals surface area contributed by atoms with Crippen LogP contribution >= 0.6 is 43.6 Å². The second kappa shape index (κ2) is 8.79. The number of fused-ring (bicyclic) bond motifs is 1. The number of carbonyl (C=O) groups is 3. The largest absolute Gasteiger partial charge is 0.460 e. The Hall–Kier alpha value is -1.32. The van der Waals surface area contributed by atoms with Crippen LogP contribution in [0.1, 0.15) is 12.5 Å². The van der Waals surface area contributed by atoms with Gasteiger partial charge in [0.05, 0.1) is 10.6 Å². The zero-order chi connectivity index (χ0) is 19.6. The summed E-state index contributed by atoms with van der Waals surface area (Å²) < 4.78 is 5.06. The number of hydrogen-bond donors (Lipinski definition) is 1. The van der Waals surface area contributed by atoms with Crippen molar-refractivity contribution >= 4 is 61.4 Å². The third-order valence-corrected chi connectivity index (χ3v) is 7.30. The molecule has 2 heterocycles. The Morgan fingerprint density at radius 3 is 2.67 bits per heavy atom. The molecule has 2 aliphatic rings. The van der Waals surface area contributed by atoms with Crippen LogP contribution in [-0.4, -0.2) is 50.2 Å². The van der Waals surface area contributed by atoms with Crippen LogP contribution in [0.4, 0.5) is 0 Å². The lowest BCUT2D eigenvalue weighted by Gasteiger charge is -2.50. The van der Waals surface area contributed by atoms with Crippen LogP contribution in [0, 0.1) is 0 Å². The van der Waals surface area contributed by atoms with Gasteiger partial charge in [0.25, 0.3) is 5.91 Å². The molecule has 2 aliphatic heterocycles. The lowest BCUT2D eigenvalue weighted by molar-refractivity contribution is -0.152. The number of benzene rings is 1. The lowest BCUT2D eigenvalue weighted by Crippen LogP contribution is -2.71. The zero-order valence-electron chi connectivity index (χ0n) is 14.5. The monoisotopic (exact) mass is 516 g/mol. The van der Waals surface area contributed by atoms with Gasteiger partial charge in [0.15, 0.2) is 0 Å². The van der Waals surface area contributed by atoms with Crippen LogP contribution in [0.15, 0.2) is 41.6 Å². The van der Waals surface area contributed by atoms with E-state index in [9.17, 15) is 14.4 Å². The van der Waals surface area contributed by atoms with Gasteiger partial charge in [0.2, 0.25) is 5.91 Å². The number of thioether (sulfide) groups is 1.